The quantitative estimate of drug-likeness (QED) is 0.722. The van der Waals surface area contributed by atoms with Crippen molar-refractivity contribution < 1.29 is 22.6 Å². The maximum Gasteiger partial charge on any atom is 0.411 e. The molecule has 122 valence electrons. The van der Waals surface area contributed by atoms with Gasteiger partial charge in [-0.2, -0.15) is 18.3 Å². The predicted octanol–water partition coefficient (Wildman–Crippen LogP) is 2.52. The summed E-state index contributed by atoms with van der Waals surface area (Å²) in [7, 11) is 1.58. The standard InChI is InChI=1S/C12H19BrF3N3O2/c1-3-17-10(7-21-8-12(14,15)16)11-9(13)6-18-19(11)4-5-20-2/h6,10,17H,3-5,7-8H2,1-2H3. The van der Waals surface area contributed by atoms with Crippen LogP contribution in [0.4, 0.5) is 13.2 Å². The molecule has 1 N–H and O–H groups in total. The Morgan fingerprint density at radius 3 is 2.76 bits per heavy atom. The van der Waals surface area contributed by atoms with Gasteiger partial charge >= 0.3 is 6.18 Å². The molecule has 0 aliphatic rings. The topological polar surface area (TPSA) is 48.3 Å². The molecule has 0 bridgehead atoms. The van der Waals surface area contributed by atoms with Gasteiger partial charge in [0.05, 0.1) is 42.2 Å². The molecule has 1 aromatic heterocycles. The first kappa shape index (κ1) is 18.4. The van der Waals surface area contributed by atoms with E-state index < -0.39 is 12.8 Å². The van der Waals surface area contributed by atoms with Gasteiger partial charge in [-0.15, -0.1) is 0 Å². The SMILES string of the molecule is CCNC(COCC(F)(F)F)c1c(Br)cnn1CCOC. The van der Waals surface area contributed by atoms with Gasteiger partial charge in [-0.05, 0) is 22.5 Å². The van der Waals surface area contributed by atoms with Gasteiger partial charge in [-0.25, -0.2) is 0 Å². The van der Waals surface area contributed by atoms with E-state index in [1.807, 2.05) is 6.92 Å². The van der Waals surface area contributed by atoms with Crippen molar-refractivity contribution in [1.29, 1.82) is 0 Å². The molecule has 0 saturated heterocycles. The summed E-state index contributed by atoms with van der Waals surface area (Å²) in [6, 6.07) is -0.383. The highest BCUT2D eigenvalue weighted by Gasteiger charge is 2.29. The summed E-state index contributed by atoms with van der Waals surface area (Å²) in [5, 5.41) is 7.29. The van der Waals surface area contributed by atoms with Crippen LogP contribution in [0.1, 0.15) is 18.7 Å². The maximum absolute atomic E-state index is 12.2. The minimum Gasteiger partial charge on any atom is -0.383 e. The van der Waals surface area contributed by atoms with Gasteiger partial charge in [0.1, 0.15) is 6.61 Å². The highest BCUT2D eigenvalue weighted by atomic mass is 79.9. The van der Waals surface area contributed by atoms with Gasteiger partial charge < -0.3 is 14.8 Å². The van der Waals surface area contributed by atoms with E-state index in [2.05, 4.69) is 26.3 Å². The van der Waals surface area contributed by atoms with Crippen molar-refractivity contribution in [2.45, 2.75) is 25.7 Å². The zero-order chi connectivity index (χ0) is 15.9. The molecular weight excluding hydrogens is 355 g/mol. The molecule has 21 heavy (non-hydrogen) atoms. The third kappa shape index (κ3) is 6.33. The first-order valence-corrected chi connectivity index (χ1v) is 7.26. The fourth-order valence-corrected chi connectivity index (χ4v) is 2.42. The number of methoxy groups -OCH3 is 1. The Morgan fingerprint density at radius 1 is 1.48 bits per heavy atom. The average molecular weight is 374 g/mol. The summed E-state index contributed by atoms with van der Waals surface area (Å²) >= 11 is 3.37. The maximum atomic E-state index is 12.2. The summed E-state index contributed by atoms with van der Waals surface area (Å²) in [6.45, 7) is 2.09. The molecular formula is C12H19BrF3N3O2. The van der Waals surface area contributed by atoms with E-state index in [9.17, 15) is 13.2 Å². The molecule has 0 fully saturated rings. The normalized spacial score (nSPS) is 13.6. The first-order chi connectivity index (χ1) is 9.89. The summed E-state index contributed by atoms with van der Waals surface area (Å²) in [4.78, 5) is 0. The number of alkyl halides is 3. The summed E-state index contributed by atoms with van der Waals surface area (Å²) < 4.78 is 48.7. The van der Waals surface area contributed by atoms with Crippen LogP contribution in [-0.4, -0.2) is 49.4 Å². The minimum absolute atomic E-state index is 0.0926. The molecule has 0 saturated carbocycles. The fraction of sp³-hybridized carbons (Fsp3) is 0.750. The van der Waals surface area contributed by atoms with Crippen LogP contribution in [-0.2, 0) is 16.0 Å². The highest BCUT2D eigenvalue weighted by molar-refractivity contribution is 9.10. The number of hydrogen-bond donors (Lipinski definition) is 1. The van der Waals surface area contributed by atoms with Crippen molar-refractivity contribution in [3.8, 4) is 0 Å². The number of aromatic nitrogens is 2. The monoisotopic (exact) mass is 373 g/mol. The molecule has 0 aliphatic heterocycles. The van der Waals surface area contributed by atoms with E-state index in [1.165, 1.54) is 0 Å². The molecule has 0 aliphatic carbocycles. The first-order valence-electron chi connectivity index (χ1n) is 6.47. The van der Waals surface area contributed by atoms with E-state index in [0.717, 1.165) is 10.2 Å². The Balaban J connectivity index is 2.77. The predicted molar refractivity (Wildman–Crippen MR) is 75.1 cm³/mol. The lowest BCUT2D eigenvalue weighted by molar-refractivity contribution is -0.175. The smallest absolute Gasteiger partial charge is 0.383 e. The fourth-order valence-electron chi connectivity index (χ4n) is 1.85. The highest BCUT2D eigenvalue weighted by Crippen LogP contribution is 2.24. The van der Waals surface area contributed by atoms with Crippen molar-refractivity contribution in [1.82, 2.24) is 15.1 Å². The summed E-state index contributed by atoms with van der Waals surface area (Å²) in [5.74, 6) is 0. The van der Waals surface area contributed by atoms with E-state index in [4.69, 9.17) is 9.47 Å². The molecule has 9 heteroatoms. The lowest BCUT2D eigenvalue weighted by atomic mass is 10.2. The Bertz CT molecular complexity index is 426. The van der Waals surface area contributed by atoms with Crippen LogP contribution in [0, 0.1) is 0 Å². The van der Waals surface area contributed by atoms with Crippen LogP contribution in [0.5, 0.6) is 0 Å². The second-order valence-electron chi connectivity index (χ2n) is 4.33. The van der Waals surface area contributed by atoms with Crippen LogP contribution in [0.15, 0.2) is 10.7 Å². The van der Waals surface area contributed by atoms with Crippen molar-refractivity contribution in [3.05, 3.63) is 16.4 Å². The largest absolute Gasteiger partial charge is 0.411 e. The second-order valence-corrected chi connectivity index (χ2v) is 5.19. The number of nitrogens with zero attached hydrogens (tertiary/aromatic N) is 2. The molecule has 0 spiro atoms. The second kappa shape index (κ2) is 8.72. The molecule has 1 heterocycles. The third-order valence-electron chi connectivity index (χ3n) is 2.67. The Morgan fingerprint density at radius 2 is 2.19 bits per heavy atom. The van der Waals surface area contributed by atoms with Crippen LogP contribution >= 0.6 is 15.9 Å². The number of nitrogens with one attached hydrogen (secondary N) is 1. The Hall–Kier alpha value is -0.640. The zero-order valence-electron chi connectivity index (χ0n) is 11.9. The molecule has 1 rings (SSSR count). The van der Waals surface area contributed by atoms with Gasteiger partial charge in [-0.3, -0.25) is 4.68 Å². The van der Waals surface area contributed by atoms with Crippen molar-refractivity contribution in [3.63, 3.8) is 0 Å². The molecule has 1 atom stereocenters. The number of likely N-dealkylation sites (N-methyl/N-ethyl adjacent to an activating group) is 1. The molecule has 0 amide bonds. The Labute approximate surface area is 129 Å². The van der Waals surface area contributed by atoms with Crippen molar-refractivity contribution in [2.75, 3.05) is 33.5 Å². The van der Waals surface area contributed by atoms with Crippen LogP contribution in [0.25, 0.3) is 0 Å². The molecule has 0 radical (unpaired) electrons. The minimum atomic E-state index is -4.33. The molecule has 1 aromatic rings. The van der Waals surface area contributed by atoms with Gasteiger partial charge in [-0.1, -0.05) is 6.92 Å². The van der Waals surface area contributed by atoms with E-state index >= 15 is 0 Å². The van der Waals surface area contributed by atoms with E-state index in [1.54, 1.807) is 18.0 Å². The number of rotatable bonds is 9. The van der Waals surface area contributed by atoms with Gasteiger partial charge in [0, 0.05) is 7.11 Å². The number of ether oxygens (including phenoxy) is 2. The van der Waals surface area contributed by atoms with E-state index in [0.29, 0.717) is 19.7 Å². The van der Waals surface area contributed by atoms with Crippen LogP contribution < -0.4 is 5.32 Å². The summed E-state index contributed by atoms with van der Waals surface area (Å²) in [6.07, 6.45) is -2.72. The van der Waals surface area contributed by atoms with Gasteiger partial charge in [0.15, 0.2) is 0 Å². The average Bonchev–Trinajstić information content (AvgIpc) is 2.75. The third-order valence-corrected chi connectivity index (χ3v) is 3.28. The van der Waals surface area contributed by atoms with Crippen molar-refractivity contribution >= 4 is 15.9 Å². The number of halogens is 4. The van der Waals surface area contributed by atoms with E-state index in [-0.39, 0.29) is 12.6 Å². The number of hydrogen-bond acceptors (Lipinski definition) is 4. The van der Waals surface area contributed by atoms with Crippen LogP contribution in [0.3, 0.4) is 0 Å². The Kier molecular flexibility index (Phi) is 7.64. The lowest BCUT2D eigenvalue weighted by Gasteiger charge is -2.20. The summed E-state index contributed by atoms with van der Waals surface area (Å²) in [5.41, 5.74) is 0.746. The van der Waals surface area contributed by atoms with Crippen molar-refractivity contribution in [2.24, 2.45) is 0 Å². The molecule has 0 aromatic carbocycles. The zero-order valence-corrected chi connectivity index (χ0v) is 13.5. The van der Waals surface area contributed by atoms with Gasteiger partial charge in [0.2, 0.25) is 0 Å². The molecule has 1 unspecified atom stereocenters. The lowest BCUT2D eigenvalue weighted by Crippen LogP contribution is -2.30. The van der Waals surface area contributed by atoms with Gasteiger partial charge in [0.25, 0.3) is 0 Å². The van der Waals surface area contributed by atoms with Crippen LogP contribution in [0.2, 0.25) is 0 Å². The molecule has 5 nitrogen and oxygen atoms in total.